The quantitative estimate of drug-likeness (QED) is 0.902. The number of rotatable bonds is 5. The van der Waals surface area contributed by atoms with Crippen molar-refractivity contribution in [2.75, 3.05) is 13.1 Å². The summed E-state index contributed by atoms with van der Waals surface area (Å²) in [5.74, 6) is 1.69. The van der Waals surface area contributed by atoms with E-state index < -0.39 is 0 Å². The van der Waals surface area contributed by atoms with Gasteiger partial charge in [0.2, 0.25) is 5.89 Å². The van der Waals surface area contributed by atoms with Gasteiger partial charge in [0.25, 0.3) is 0 Å². The van der Waals surface area contributed by atoms with E-state index in [0.717, 1.165) is 50.2 Å². The fraction of sp³-hybridized carbons (Fsp3) is 0.556. The fourth-order valence-electron chi connectivity index (χ4n) is 3.36. The summed E-state index contributed by atoms with van der Waals surface area (Å²) in [6.45, 7) is 5.39. The van der Waals surface area contributed by atoms with E-state index in [9.17, 15) is 4.79 Å². The van der Waals surface area contributed by atoms with Crippen LogP contribution in [0.2, 0.25) is 0 Å². The summed E-state index contributed by atoms with van der Waals surface area (Å²) in [4.78, 5) is 22.9. The van der Waals surface area contributed by atoms with Crippen LogP contribution in [0.4, 0.5) is 4.79 Å². The molecule has 7 nitrogen and oxygen atoms in total. The molecule has 25 heavy (non-hydrogen) atoms. The second-order valence-electron chi connectivity index (χ2n) is 6.58. The Hall–Kier alpha value is -2.44. The number of nitrogens with zero attached hydrogens (tertiary/aromatic N) is 4. The Morgan fingerprint density at radius 3 is 2.92 bits per heavy atom. The number of nitrogens with one attached hydrogen (secondary N) is 1. The Morgan fingerprint density at radius 2 is 2.24 bits per heavy atom. The number of hydrogen-bond acceptors (Lipinski definition) is 5. The zero-order valence-corrected chi connectivity index (χ0v) is 14.8. The van der Waals surface area contributed by atoms with Crippen LogP contribution in [-0.2, 0) is 6.42 Å². The number of amides is 2. The molecule has 2 aromatic heterocycles. The van der Waals surface area contributed by atoms with Gasteiger partial charge >= 0.3 is 6.03 Å². The van der Waals surface area contributed by atoms with E-state index in [4.69, 9.17) is 4.52 Å². The minimum atomic E-state index is -0.00217. The van der Waals surface area contributed by atoms with Gasteiger partial charge in [0.05, 0.1) is 6.04 Å². The third kappa shape index (κ3) is 4.55. The van der Waals surface area contributed by atoms with Crippen LogP contribution in [0, 0.1) is 12.8 Å². The van der Waals surface area contributed by atoms with Crippen molar-refractivity contribution in [2.24, 2.45) is 5.92 Å². The standard InChI is InChI=1S/C18H25N5O2/c1-3-16(15-6-8-19-9-7-15)21-18(24)23-10-4-5-14(12-23)11-17-20-13(2)25-22-17/h6-9,14,16H,3-5,10-12H2,1-2H3,(H,21,24). The first-order chi connectivity index (χ1) is 12.2. The molecule has 0 bridgehead atoms. The molecule has 0 radical (unpaired) electrons. The van der Waals surface area contributed by atoms with E-state index in [1.54, 1.807) is 19.3 Å². The number of carbonyl (C=O) groups is 1. The second kappa shape index (κ2) is 8.09. The number of hydrogen-bond donors (Lipinski definition) is 1. The topological polar surface area (TPSA) is 84.2 Å². The molecule has 3 heterocycles. The third-order valence-corrected chi connectivity index (χ3v) is 4.66. The molecule has 2 amide bonds. The van der Waals surface area contributed by atoms with Crippen molar-refractivity contribution in [3.8, 4) is 0 Å². The molecule has 7 heteroatoms. The Balaban J connectivity index is 1.57. The molecule has 2 atom stereocenters. The van der Waals surface area contributed by atoms with Crippen LogP contribution in [0.25, 0.3) is 0 Å². The number of aryl methyl sites for hydroxylation is 1. The van der Waals surface area contributed by atoms with Gasteiger partial charge in [0, 0.05) is 38.8 Å². The van der Waals surface area contributed by atoms with E-state index in [2.05, 4.69) is 27.4 Å². The highest BCUT2D eigenvalue weighted by molar-refractivity contribution is 5.74. The summed E-state index contributed by atoms with van der Waals surface area (Å²) >= 11 is 0. The van der Waals surface area contributed by atoms with E-state index in [-0.39, 0.29) is 12.1 Å². The summed E-state index contributed by atoms with van der Waals surface area (Å²) in [7, 11) is 0. The summed E-state index contributed by atoms with van der Waals surface area (Å²) in [6, 6.07) is 3.91. The summed E-state index contributed by atoms with van der Waals surface area (Å²) < 4.78 is 5.04. The predicted octanol–water partition coefficient (Wildman–Crippen LogP) is 2.89. The van der Waals surface area contributed by atoms with Crippen molar-refractivity contribution < 1.29 is 9.32 Å². The molecule has 3 rings (SSSR count). The number of urea groups is 1. The third-order valence-electron chi connectivity index (χ3n) is 4.66. The largest absolute Gasteiger partial charge is 0.340 e. The van der Waals surface area contributed by atoms with Crippen LogP contribution >= 0.6 is 0 Å². The second-order valence-corrected chi connectivity index (χ2v) is 6.58. The highest BCUT2D eigenvalue weighted by Gasteiger charge is 2.26. The van der Waals surface area contributed by atoms with Crippen molar-refractivity contribution in [3.63, 3.8) is 0 Å². The molecule has 134 valence electrons. The van der Waals surface area contributed by atoms with Crippen molar-refractivity contribution in [1.29, 1.82) is 0 Å². The Kier molecular flexibility index (Phi) is 5.63. The summed E-state index contributed by atoms with van der Waals surface area (Å²) in [5, 5.41) is 7.12. The molecule has 0 spiro atoms. The lowest BCUT2D eigenvalue weighted by atomic mass is 9.94. The Morgan fingerprint density at radius 1 is 1.44 bits per heavy atom. The normalized spacial score (nSPS) is 18.8. The van der Waals surface area contributed by atoms with Gasteiger partial charge in [-0.3, -0.25) is 4.98 Å². The highest BCUT2D eigenvalue weighted by Crippen LogP contribution is 2.21. The molecule has 2 aromatic rings. The SMILES string of the molecule is CCC(NC(=O)N1CCCC(Cc2noc(C)n2)C1)c1ccncc1. The highest BCUT2D eigenvalue weighted by atomic mass is 16.5. The molecular weight excluding hydrogens is 318 g/mol. The lowest BCUT2D eigenvalue weighted by Crippen LogP contribution is -2.46. The zero-order valence-electron chi connectivity index (χ0n) is 14.8. The first-order valence-electron chi connectivity index (χ1n) is 8.90. The fourth-order valence-corrected chi connectivity index (χ4v) is 3.36. The molecule has 2 unspecified atom stereocenters. The maximum Gasteiger partial charge on any atom is 0.317 e. The van der Waals surface area contributed by atoms with Gasteiger partial charge in [-0.25, -0.2) is 4.79 Å². The molecule has 0 aromatic carbocycles. The Labute approximate surface area is 147 Å². The van der Waals surface area contributed by atoms with E-state index in [1.165, 1.54) is 0 Å². The lowest BCUT2D eigenvalue weighted by molar-refractivity contribution is 0.161. The molecule has 1 N–H and O–H groups in total. The maximum absolute atomic E-state index is 12.7. The monoisotopic (exact) mass is 343 g/mol. The first-order valence-corrected chi connectivity index (χ1v) is 8.90. The zero-order chi connectivity index (χ0) is 17.6. The summed E-state index contributed by atoms with van der Waals surface area (Å²) in [6.07, 6.45) is 7.19. The minimum absolute atomic E-state index is 0.00217. The first kappa shape index (κ1) is 17.4. The van der Waals surface area contributed by atoms with Crippen LogP contribution in [0.5, 0.6) is 0 Å². The van der Waals surface area contributed by atoms with E-state index in [1.807, 2.05) is 17.0 Å². The lowest BCUT2D eigenvalue weighted by Gasteiger charge is -2.33. The van der Waals surface area contributed by atoms with Gasteiger partial charge in [-0.2, -0.15) is 4.98 Å². The summed E-state index contributed by atoms with van der Waals surface area (Å²) in [5.41, 5.74) is 1.08. The smallest absolute Gasteiger partial charge is 0.317 e. The average molecular weight is 343 g/mol. The van der Waals surface area contributed by atoms with Gasteiger partial charge in [-0.05, 0) is 42.9 Å². The number of pyridine rings is 1. The Bertz CT molecular complexity index is 688. The van der Waals surface area contributed by atoms with Crippen LogP contribution in [-0.4, -0.2) is 39.1 Å². The number of carbonyl (C=O) groups excluding carboxylic acids is 1. The molecule has 1 aliphatic rings. The van der Waals surface area contributed by atoms with Crippen LogP contribution in [0.1, 0.15) is 49.5 Å². The van der Waals surface area contributed by atoms with Crippen molar-refractivity contribution in [3.05, 3.63) is 41.8 Å². The number of piperidine rings is 1. The molecule has 0 saturated carbocycles. The van der Waals surface area contributed by atoms with Crippen LogP contribution in [0.15, 0.2) is 29.0 Å². The average Bonchev–Trinajstić information content (AvgIpc) is 3.05. The van der Waals surface area contributed by atoms with Crippen LogP contribution < -0.4 is 5.32 Å². The van der Waals surface area contributed by atoms with E-state index in [0.29, 0.717) is 11.8 Å². The molecule has 0 aliphatic carbocycles. The van der Waals surface area contributed by atoms with Crippen molar-refractivity contribution in [2.45, 2.75) is 45.6 Å². The van der Waals surface area contributed by atoms with Gasteiger partial charge < -0.3 is 14.7 Å². The van der Waals surface area contributed by atoms with Crippen LogP contribution in [0.3, 0.4) is 0 Å². The minimum Gasteiger partial charge on any atom is -0.340 e. The van der Waals surface area contributed by atoms with Gasteiger partial charge in [-0.15, -0.1) is 0 Å². The maximum atomic E-state index is 12.7. The number of aromatic nitrogens is 3. The van der Waals surface area contributed by atoms with Crippen molar-refractivity contribution >= 4 is 6.03 Å². The molecule has 1 aliphatic heterocycles. The van der Waals surface area contributed by atoms with Gasteiger partial charge in [0.1, 0.15) is 0 Å². The predicted molar refractivity (Wildman–Crippen MR) is 92.8 cm³/mol. The van der Waals surface area contributed by atoms with Gasteiger partial charge in [-0.1, -0.05) is 12.1 Å². The molecule has 1 saturated heterocycles. The van der Waals surface area contributed by atoms with Gasteiger partial charge in [0.15, 0.2) is 5.82 Å². The van der Waals surface area contributed by atoms with Crippen molar-refractivity contribution in [1.82, 2.24) is 25.3 Å². The molecule has 1 fully saturated rings. The number of likely N-dealkylation sites (tertiary alicyclic amines) is 1. The van der Waals surface area contributed by atoms with E-state index >= 15 is 0 Å². The molecular formula is C18H25N5O2.